The lowest BCUT2D eigenvalue weighted by atomic mass is 9.83. The van der Waals surface area contributed by atoms with Gasteiger partial charge >= 0.3 is 12.1 Å². The van der Waals surface area contributed by atoms with Gasteiger partial charge in [0.15, 0.2) is 0 Å². The van der Waals surface area contributed by atoms with Gasteiger partial charge in [-0.05, 0) is 90.6 Å². The van der Waals surface area contributed by atoms with Gasteiger partial charge in [-0.3, -0.25) is 14.5 Å². The summed E-state index contributed by atoms with van der Waals surface area (Å²) < 4.78 is 17.5. The van der Waals surface area contributed by atoms with Crippen LogP contribution < -0.4 is 14.8 Å². The summed E-state index contributed by atoms with van der Waals surface area (Å²) in [5.41, 5.74) is 6.46. The van der Waals surface area contributed by atoms with Crippen LogP contribution in [0.2, 0.25) is 0 Å². The molecule has 1 saturated heterocycles. The van der Waals surface area contributed by atoms with E-state index in [1.807, 2.05) is 55.5 Å². The lowest BCUT2D eigenvalue weighted by molar-refractivity contribution is -0.141. The number of carboxylic acid groups (broad SMARTS) is 1. The Kier molecular flexibility index (Phi) is 13.0. The number of rotatable bonds is 14. The number of fused-ring (bicyclic) bond motifs is 3. The molecule has 2 atom stereocenters. The fraction of sp³-hybridized carbons (Fsp3) is 0.404. The van der Waals surface area contributed by atoms with Crippen LogP contribution in [0.3, 0.4) is 0 Å². The number of likely N-dealkylation sites (tertiary alicyclic amines) is 1. The van der Waals surface area contributed by atoms with Crippen molar-refractivity contribution in [1.29, 1.82) is 0 Å². The van der Waals surface area contributed by atoms with E-state index in [2.05, 4.69) is 29.6 Å². The van der Waals surface area contributed by atoms with Crippen LogP contribution in [0.4, 0.5) is 4.79 Å². The molecule has 11 nitrogen and oxygen atoms in total. The third-order valence-electron chi connectivity index (χ3n) is 11.9. The number of hydrogen-bond donors (Lipinski definition) is 2. The standard InChI is InChI=1S/C47H53N3O8/c1-3-57-42-26-36(56-2)23-22-35(42)28-50(47(55)58-30-41-39-20-9-7-18-37(39)38-19-8-10-21-40(38)41)29-43(51)49-24-12-17-34(27-49)32-15-11-16-33(25-32)45(52)48-44(46(53)54)31-13-5-4-6-14-31/h7-11,15-16,18-23,25-26,31,34,41,44H,3-6,12-14,17,24,27-30H2,1-2H3,(H,48,52)(H,53,54)/t34?,44-/m0/s1. The van der Waals surface area contributed by atoms with Crippen molar-refractivity contribution in [1.82, 2.24) is 15.1 Å². The van der Waals surface area contributed by atoms with E-state index in [1.165, 1.54) is 4.90 Å². The zero-order valence-electron chi connectivity index (χ0n) is 33.4. The maximum atomic E-state index is 14.2. The van der Waals surface area contributed by atoms with Crippen molar-refractivity contribution in [2.75, 3.05) is 40.0 Å². The van der Waals surface area contributed by atoms with Gasteiger partial charge in [-0.2, -0.15) is 0 Å². The smallest absolute Gasteiger partial charge is 0.410 e. The van der Waals surface area contributed by atoms with Crippen molar-refractivity contribution >= 4 is 23.9 Å². The van der Waals surface area contributed by atoms with Gasteiger partial charge in [0.1, 0.15) is 30.7 Å². The molecule has 11 heteroatoms. The van der Waals surface area contributed by atoms with Gasteiger partial charge in [0.05, 0.1) is 20.3 Å². The number of aliphatic carboxylic acids is 1. The van der Waals surface area contributed by atoms with Crippen LogP contribution in [0.25, 0.3) is 11.1 Å². The quantitative estimate of drug-likeness (QED) is 0.131. The first kappa shape index (κ1) is 40.4. The number of hydrogen-bond acceptors (Lipinski definition) is 7. The predicted molar refractivity (Wildman–Crippen MR) is 220 cm³/mol. The summed E-state index contributed by atoms with van der Waals surface area (Å²) in [6, 6.07) is 28.1. The van der Waals surface area contributed by atoms with Crippen molar-refractivity contribution in [3.63, 3.8) is 0 Å². The number of piperidine rings is 1. The van der Waals surface area contributed by atoms with Crippen LogP contribution in [0, 0.1) is 5.92 Å². The Morgan fingerprint density at radius 1 is 0.862 bits per heavy atom. The Morgan fingerprint density at radius 2 is 1.59 bits per heavy atom. The molecule has 3 aliphatic rings. The van der Waals surface area contributed by atoms with Crippen molar-refractivity contribution in [3.8, 4) is 22.6 Å². The summed E-state index contributed by atoms with van der Waals surface area (Å²) in [5, 5.41) is 12.8. The number of benzene rings is 4. The van der Waals surface area contributed by atoms with E-state index < -0.39 is 24.0 Å². The molecule has 58 heavy (non-hydrogen) atoms. The zero-order valence-corrected chi connectivity index (χ0v) is 33.4. The van der Waals surface area contributed by atoms with Crippen molar-refractivity contribution in [2.24, 2.45) is 5.92 Å². The average Bonchev–Trinajstić information content (AvgIpc) is 3.58. The SMILES string of the molecule is CCOc1cc(OC)ccc1CN(CC(=O)N1CCCC(c2cccc(C(=O)N[C@H](C(=O)O)C3CCCCC3)c2)C1)C(=O)OCC1c2ccccc2-c2ccccc21. The molecule has 2 fully saturated rings. The molecule has 7 rings (SSSR count). The van der Waals surface area contributed by atoms with Gasteiger partial charge in [0.25, 0.3) is 5.91 Å². The highest BCUT2D eigenvalue weighted by atomic mass is 16.6. The lowest BCUT2D eigenvalue weighted by Gasteiger charge is -2.34. The number of nitrogens with zero attached hydrogens (tertiary/aromatic N) is 2. The summed E-state index contributed by atoms with van der Waals surface area (Å²) >= 11 is 0. The number of carbonyl (C=O) groups excluding carboxylic acids is 3. The minimum Gasteiger partial charge on any atom is -0.497 e. The molecule has 1 aliphatic heterocycles. The highest BCUT2D eigenvalue weighted by molar-refractivity contribution is 5.97. The fourth-order valence-electron chi connectivity index (χ4n) is 8.90. The molecule has 4 aromatic carbocycles. The van der Waals surface area contributed by atoms with E-state index in [1.54, 1.807) is 30.2 Å². The van der Waals surface area contributed by atoms with Crippen LogP contribution in [0.15, 0.2) is 91.0 Å². The van der Waals surface area contributed by atoms with Crippen molar-refractivity contribution in [3.05, 3.63) is 119 Å². The molecule has 0 spiro atoms. The second kappa shape index (κ2) is 18.6. The third-order valence-corrected chi connectivity index (χ3v) is 11.9. The van der Waals surface area contributed by atoms with Gasteiger partial charge in [0.2, 0.25) is 5.91 Å². The predicted octanol–water partition coefficient (Wildman–Crippen LogP) is 8.01. The Labute approximate surface area is 340 Å². The van der Waals surface area contributed by atoms with Gasteiger partial charge in [-0.1, -0.05) is 79.9 Å². The highest BCUT2D eigenvalue weighted by Crippen LogP contribution is 2.44. The van der Waals surface area contributed by atoms with E-state index in [-0.39, 0.29) is 43.4 Å². The van der Waals surface area contributed by atoms with Gasteiger partial charge in [-0.25, -0.2) is 9.59 Å². The van der Waals surface area contributed by atoms with Crippen LogP contribution in [-0.2, 0) is 20.9 Å². The number of ether oxygens (including phenoxy) is 3. The van der Waals surface area contributed by atoms with Gasteiger partial charge in [-0.15, -0.1) is 0 Å². The van der Waals surface area contributed by atoms with E-state index in [4.69, 9.17) is 14.2 Å². The Bertz CT molecular complexity index is 2070. The van der Waals surface area contributed by atoms with E-state index in [0.717, 1.165) is 72.8 Å². The topological polar surface area (TPSA) is 135 Å². The zero-order chi connectivity index (χ0) is 40.6. The molecular weight excluding hydrogens is 735 g/mol. The van der Waals surface area contributed by atoms with Crippen LogP contribution in [-0.4, -0.2) is 84.8 Å². The molecule has 3 amide bonds. The summed E-state index contributed by atoms with van der Waals surface area (Å²) in [6.45, 7) is 3.22. The summed E-state index contributed by atoms with van der Waals surface area (Å²) in [6.07, 6.45) is 5.55. The molecule has 0 aromatic heterocycles. The minimum atomic E-state index is -1.01. The molecule has 1 unspecified atom stereocenters. The molecule has 2 N–H and O–H groups in total. The number of methoxy groups -OCH3 is 1. The van der Waals surface area contributed by atoms with Crippen LogP contribution >= 0.6 is 0 Å². The maximum absolute atomic E-state index is 14.2. The summed E-state index contributed by atoms with van der Waals surface area (Å²) in [7, 11) is 1.58. The maximum Gasteiger partial charge on any atom is 0.410 e. The number of carboxylic acids is 1. The average molecular weight is 788 g/mol. The van der Waals surface area contributed by atoms with Gasteiger partial charge in [0, 0.05) is 42.1 Å². The van der Waals surface area contributed by atoms with Crippen molar-refractivity contribution < 1.29 is 38.5 Å². The van der Waals surface area contributed by atoms with E-state index >= 15 is 0 Å². The Balaban J connectivity index is 1.06. The van der Waals surface area contributed by atoms with E-state index in [9.17, 15) is 24.3 Å². The molecule has 4 aromatic rings. The molecule has 2 aliphatic carbocycles. The molecular formula is C47H53N3O8. The monoisotopic (exact) mass is 787 g/mol. The Morgan fingerprint density at radius 3 is 2.28 bits per heavy atom. The molecule has 1 saturated carbocycles. The van der Waals surface area contributed by atoms with E-state index in [0.29, 0.717) is 42.3 Å². The number of amides is 3. The van der Waals surface area contributed by atoms with Crippen LogP contribution in [0.5, 0.6) is 11.5 Å². The first-order valence-electron chi connectivity index (χ1n) is 20.5. The first-order chi connectivity index (χ1) is 28.2. The summed E-state index contributed by atoms with van der Waals surface area (Å²) in [4.78, 5) is 57.1. The normalized spacial score (nSPS) is 17.1. The summed E-state index contributed by atoms with van der Waals surface area (Å²) in [5.74, 6) is -0.734. The molecule has 304 valence electrons. The molecule has 1 heterocycles. The second-order valence-corrected chi connectivity index (χ2v) is 15.6. The Hall–Kier alpha value is -5.84. The van der Waals surface area contributed by atoms with Crippen molar-refractivity contribution in [2.45, 2.75) is 76.3 Å². The number of carbonyl (C=O) groups is 4. The lowest BCUT2D eigenvalue weighted by Crippen LogP contribution is -2.46. The fourth-order valence-corrected chi connectivity index (χ4v) is 8.90. The number of nitrogens with one attached hydrogen (secondary N) is 1. The minimum absolute atomic E-state index is 0.0480. The first-order valence-corrected chi connectivity index (χ1v) is 20.5. The van der Waals surface area contributed by atoms with Gasteiger partial charge < -0.3 is 29.5 Å². The molecule has 0 bridgehead atoms. The molecule has 0 radical (unpaired) electrons. The highest BCUT2D eigenvalue weighted by Gasteiger charge is 2.34. The van der Waals surface area contributed by atoms with Crippen LogP contribution in [0.1, 0.15) is 96.3 Å². The third kappa shape index (κ3) is 9.14. The largest absolute Gasteiger partial charge is 0.497 e. The second-order valence-electron chi connectivity index (χ2n) is 15.6.